The number of hydrogen-bond donors (Lipinski definition) is 1. The highest BCUT2D eigenvalue weighted by Crippen LogP contribution is 2.46. The van der Waals surface area contributed by atoms with Crippen molar-refractivity contribution in [1.29, 1.82) is 0 Å². The Morgan fingerprint density at radius 2 is 2.06 bits per heavy atom. The molecule has 0 radical (unpaired) electrons. The highest BCUT2D eigenvalue weighted by atomic mass is 35.5. The second kappa shape index (κ2) is 8.91. The maximum Gasteiger partial charge on any atom is 0.283 e. The lowest BCUT2D eigenvalue weighted by molar-refractivity contribution is 0.00462. The zero-order chi connectivity index (χ0) is 22.9. The lowest BCUT2D eigenvalue weighted by Crippen LogP contribution is -2.39. The first-order chi connectivity index (χ1) is 15.1. The van der Waals surface area contributed by atoms with Crippen LogP contribution in [-0.2, 0) is 15.0 Å². The van der Waals surface area contributed by atoms with Gasteiger partial charge in [-0.3, -0.25) is 4.98 Å². The van der Waals surface area contributed by atoms with Gasteiger partial charge in [-0.05, 0) is 48.9 Å². The van der Waals surface area contributed by atoms with Gasteiger partial charge >= 0.3 is 0 Å². The molecule has 6 nitrogen and oxygen atoms in total. The summed E-state index contributed by atoms with van der Waals surface area (Å²) >= 11 is 6.15. The molecule has 0 fully saturated rings. The highest BCUT2D eigenvalue weighted by Gasteiger charge is 2.46. The smallest absolute Gasteiger partial charge is 0.283 e. The molecule has 3 atom stereocenters. The molecule has 172 valence electrons. The van der Waals surface area contributed by atoms with E-state index in [1.165, 1.54) is 0 Å². The lowest BCUT2D eigenvalue weighted by Gasteiger charge is -2.37. The topological polar surface area (TPSA) is 79.0 Å². The van der Waals surface area contributed by atoms with Crippen molar-refractivity contribution in [3.05, 3.63) is 47.2 Å². The third kappa shape index (κ3) is 5.18. The Kier molecular flexibility index (Phi) is 6.37. The minimum absolute atomic E-state index is 0.0140. The van der Waals surface area contributed by atoms with Crippen molar-refractivity contribution in [2.45, 2.75) is 64.7 Å². The number of aliphatic imine (C=N–C) groups is 1. The van der Waals surface area contributed by atoms with Crippen LogP contribution in [0.4, 0.5) is 0 Å². The summed E-state index contributed by atoms with van der Waals surface area (Å²) in [6.45, 7) is 9.82. The minimum atomic E-state index is -0.542. The van der Waals surface area contributed by atoms with Crippen LogP contribution in [0.5, 0.6) is 5.75 Å². The fraction of sp³-hybridized carbons (Fsp3) is 0.520. The summed E-state index contributed by atoms with van der Waals surface area (Å²) in [7, 11) is 0. The van der Waals surface area contributed by atoms with Crippen molar-refractivity contribution in [3.63, 3.8) is 0 Å². The molecule has 0 amide bonds. The second-order valence-corrected chi connectivity index (χ2v) is 10.5. The van der Waals surface area contributed by atoms with E-state index in [-0.39, 0.29) is 23.6 Å². The van der Waals surface area contributed by atoms with Crippen LogP contribution in [-0.4, -0.2) is 36.4 Å². The van der Waals surface area contributed by atoms with Gasteiger partial charge in [0.05, 0.1) is 17.7 Å². The molecule has 32 heavy (non-hydrogen) atoms. The Labute approximate surface area is 195 Å². The molecule has 1 aromatic carbocycles. The van der Waals surface area contributed by atoms with Crippen molar-refractivity contribution >= 4 is 17.6 Å². The van der Waals surface area contributed by atoms with Crippen LogP contribution >= 0.6 is 11.6 Å². The lowest BCUT2D eigenvalue weighted by atomic mass is 9.81. The minimum Gasteiger partial charge on any atom is -0.490 e. The number of nitrogens with two attached hydrogens (primary N) is 1. The predicted molar refractivity (Wildman–Crippen MR) is 127 cm³/mol. The number of rotatable bonds is 6. The zero-order valence-corrected chi connectivity index (χ0v) is 20.0. The molecule has 1 spiro atoms. The van der Waals surface area contributed by atoms with Gasteiger partial charge in [-0.1, -0.05) is 38.4 Å². The Balaban J connectivity index is 1.55. The second-order valence-electron chi connectivity index (χ2n) is 10.1. The SMILES string of the molecule is CC(CCC1CC2(COC(N)=N2)c2cc(-c3cncc(Cl)c3)ccc2O1)OCC(C)(C)C. The van der Waals surface area contributed by atoms with Crippen LogP contribution in [0.15, 0.2) is 41.7 Å². The van der Waals surface area contributed by atoms with Crippen molar-refractivity contribution in [3.8, 4) is 16.9 Å². The summed E-state index contributed by atoms with van der Waals surface area (Å²) < 4.78 is 18.1. The van der Waals surface area contributed by atoms with Gasteiger partial charge in [-0.2, -0.15) is 0 Å². The number of nitrogens with zero attached hydrogens (tertiary/aromatic N) is 2. The van der Waals surface area contributed by atoms with Crippen LogP contribution < -0.4 is 10.5 Å². The molecule has 3 heterocycles. The van der Waals surface area contributed by atoms with E-state index in [1.807, 2.05) is 18.2 Å². The maximum atomic E-state index is 6.40. The van der Waals surface area contributed by atoms with Crippen LogP contribution in [0.2, 0.25) is 5.02 Å². The average molecular weight is 458 g/mol. The first-order valence-corrected chi connectivity index (χ1v) is 11.5. The Morgan fingerprint density at radius 3 is 2.75 bits per heavy atom. The van der Waals surface area contributed by atoms with E-state index >= 15 is 0 Å². The van der Waals surface area contributed by atoms with E-state index in [9.17, 15) is 0 Å². The fourth-order valence-electron chi connectivity index (χ4n) is 4.22. The van der Waals surface area contributed by atoms with E-state index < -0.39 is 5.54 Å². The molecule has 2 aliphatic rings. The summed E-state index contributed by atoms with van der Waals surface area (Å²) in [5.41, 5.74) is 8.50. The van der Waals surface area contributed by atoms with Gasteiger partial charge in [0, 0.05) is 29.9 Å². The molecule has 2 aromatic rings. The predicted octanol–water partition coefficient (Wildman–Crippen LogP) is 5.32. The molecular weight excluding hydrogens is 426 g/mol. The van der Waals surface area contributed by atoms with Gasteiger partial charge in [0.2, 0.25) is 0 Å². The van der Waals surface area contributed by atoms with Gasteiger partial charge in [0.25, 0.3) is 6.02 Å². The zero-order valence-electron chi connectivity index (χ0n) is 19.2. The molecule has 2 aliphatic heterocycles. The van der Waals surface area contributed by atoms with E-state index in [1.54, 1.807) is 12.4 Å². The van der Waals surface area contributed by atoms with Gasteiger partial charge < -0.3 is 19.9 Å². The van der Waals surface area contributed by atoms with Crippen molar-refractivity contribution < 1.29 is 14.2 Å². The third-order valence-corrected chi connectivity index (χ3v) is 6.06. The Morgan fingerprint density at radius 1 is 1.25 bits per heavy atom. The van der Waals surface area contributed by atoms with Crippen LogP contribution in [0.25, 0.3) is 11.1 Å². The quantitative estimate of drug-likeness (QED) is 0.634. The average Bonchev–Trinajstić information content (AvgIpc) is 3.11. The first kappa shape index (κ1) is 22.9. The number of ether oxygens (including phenoxy) is 3. The summed E-state index contributed by atoms with van der Waals surface area (Å²) in [5, 5.41) is 0.598. The maximum absolute atomic E-state index is 6.40. The van der Waals surface area contributed by atoms with Crippen molar-refractivity contribution in [1.82, 2.24) is 4.98 Å². The number of fused-ring (bicyclic) bond motifs is 2. The third-order valence-electron chi connectivity index (χ3n) is 5.86. The molecule has 0 saturated heterocycles. The van der Waals surface area contributed by atoms with E-state index in [0.29, 0.717) is 18.1 Å². The van der Waals surface area contributed by atoms with Crippen molar-refractivity contribution in [2.75, 3.05) is 13.2 Å². The molecule has 1 aromatic heterocycles. The molecule has 0 aliphatic carbocycles. The Bertz CT molecular complexity index is 1000. The van der Waals surface area contributed by atoms with E-state index in [0.717, 1.165) is 41.9 Å². The molecule has 2 N–H and O–H groups in total. The summed E-state index contributed by atoms with van der Waals surface area (Å²) in [4.78, 5) is 8.95. The number of halogens is 1. The first-order valence-electron chi connectivity index (χ1n) is 11.2. The number of benzene rings is 1. The molecule has 7 heteroatoms. The van der Waals surface area contributed by atoms with Gasteiger partial charge in [-0.15, -0.1) is 0 Å². The number of amidine groups is 1. The van der Waals surface area contributed by atoms with Crippen LogP contribution in [0, 0.1) is 5.41 Å². The van der Waals surface area contributed by atoms with E-state index in [4.69, 9.17) is 36.5 Å². The number of pyridine rings is 1. The summed E-state index contributed by atoms with van der Waals surface area (Å²) in [5.74, 6) is 0.824. The molecule has 4 rings (SSSR count). The standard InChI is InChI=1S/C25H32ClN3O3/c1-16(30-14-24(2,3)4)5-7-20-11-25(15-31-23(27)29-25)21-10-17(6-8-22(21)32-20)18-9-19(26)13-28-12-18/h6,8-10,12-13,16,20H,5,7,11,14-15H2,1-4H3,(H2,27,29). The molecule has 0 saturated carbocycles. The normalized spacial score (nSPS) is 23.3. The Hall–Kier alpha value is -2.31. The van der Waals surface area contributed by atoms with E-state index in [2.05, 4.69) is 38.7 Å². The van der Waals surface area contributed by atoms with Crippen molar-refractivity contribution in [2.24, 2.45) is 16.1 Å². The van der Waals surface area contributed by atoms with Crippen LogP contribution in [0.1, 0.15) is 52.5 Å². The highest BCUT2D eigenvalue weighted by molar-refractivity contribution is 6.30. The van der Waals surface area contributed by atoms with Gasteiger partial charge in [0.1, 0.15) is 24.0 Å². The van der Waals surface area contributed by atoms with Gasteiger partial charge in [-0.25, -0.2) is 4.99 Å². The largest absolute Gasteiger partial charge is 0.490 e. The number of hydrogen-bond acceptors (Lipinski definition) is 6. The van der Waals surface area contributed by atoms with Crippen LogP contribution in [0.3, 0.4) is 0 Å². The summed E-state index contributed by atoms with van der Waals surface area (Å²) in [6.07, 6.45) is 6.11. The molecule has 3 unspecified atom stereocenters. The summed E-state index contributed by atoms with van der Waals surface area (Å²) in [6, 6.07) is 8.26. The molecular formula is C25H32ClN3O3. The monoisotopic (exact) mass is 457 g/mol. The molecule has 0 bridgehead atoms. The van der Waals surface area contributed by atoms with Gasteiger partial charge in [0.15, 0.2) is 0 Å². The fourth-order valence-corrected chi connectivity index (χ4v) is 4.40. The number of aromatic nitrogens is 1.